The van der Waals surface area contributed by atoms with Crippen LogP contribution in [0.2, 0.25) is 0 Å². The Kier molecular flexibility index (Phi) is 5.05. The first-order valence-electron chi connectivity index (χ1n) is 7.44. The minimum atomic E-state index is -0.297. The van der Waals surface area contributed by atoms with E-state index in [4.69, 9.17) is 17.0 Å². The van der Waals surface area contributed by atoms with Gasteiger partial charge in [0.1, 0.15) is 17.8 Å². The second kappa shape index (κ2) is 7.58. The van der Waals surface area contributed by atoms with Crippen molar-refractivity contribution < 1.29 is 9.53 Å². The molecule has 0 aliphatic heterocycles. The van der Waals surface area contributed by atoms with Crippen LogP contribution < -0.4 is 20.9 Å². The number of para-hydroxylation sites is 1. The molecule has 0 radical (unpaired) electrons. The van der Waals surface area contributed by atoms with Crippen LogP contribution in [-0.4, -0.2) is 33.1 Å². The monoisotopic (exact) mass is 356 g/mol. The van der Waals surface area contributed by atoms with Gasteiger partial charge in [0.15, 0.2) is 5.11 Å². The van der Waals surface area contributed by atoms with Crippen LogP contribution in [0.3, 0.4) is 0 Å². The lowest BCUT2D eigenvalue weighted by Crippen LogP contribution is -2.45. The maximum atomic E-state index is 12.0. The van der Waals surface area contributed by atoms with Crippen LogP contribution in [-0.2, 0) is 11.3 Å². The zero-order chi connectivity index (χ0) is 17.6. The van der Waals surface area contributed by atoms with Gasteiger partial charge in [0.2, 0.25) is 0 Å². The summed E-state index contributed by atoms with van der Waals surface area (Å²) >= 11 is 5.14. The van der Waals surface area contributed by atoms with E-state index in [1.807, 2.05) is 36.4 Å². The van der Waals surface area contributed by atoms with E-state index in [9.17, 15) is 4.79 Å². The average molecular weight is 356 g/mol. The molecule has 1 amide bonds. The minimum Gasteiger partial charge on any atom is -0.497 e. The molecule has 0 saturated carbocycles. The first kappa shape index (κ1) is 16.7. The number of carbonyl (C=O) groups is 1. The van der Waals surface area contributed by atoms with Gasteiger partial charge < -0.3 is 10.1 Å². The number of benzene rings is 2. The number of anilines is 1. The molecule has 128 valence electrons. The largest absolute Gasteiger partial charge is 0.497 e. The van der Waals surface area contributed by atoms with Crippen LogP contribution in [0, 0.1) is 0 Å². The van der Waals surface area contributed by atoms with Crippen LogP contribution in [0.4, 0.5) is 5.69 Å². The Hall–Kier alpha value is -3.20. The first-order valence-corrected chi connectivity index (χ1v) is 7.84. The Bertz CT molecular complexity index is 893. The molecular formula is C16H16N6O2S. The number of carbonyl (C=O) groups excluding carboxylic acids is 1. The highest BCUT2D eigenvalue weighted by Crippen LogP contribution is 2.14. The summed E-state index contributed by atoms with van der Waals surface area (Å²) in [5.74, 6) is 0.451. The molecule has 9 heteroatoms. The Morgan fingerprint density at radius 3 is 2.68 bits per heavy atom. The molecule has 0 saturated heterocycles. The second-order valence-electron chi connectivity index (χ2n) is 5.09. The number of fused-ring (bicyclic) bond motifs is 1. The van der Waals surface area contributed by atoms with Crippen LogP contribution >= 0.6 is 12.2 Å². The van der Waals surface area contributed by atoms with Crippen LogP contribution in [0.25, 0.3) is 11.0 Å². The van der Waals surface area contributed by atoms with Crippen molar-refractivity contribution in [2.45, 2.75) is 6.54 Å². The predicted octanol–water partition coefficient (Wildman–Crippen LogP) is 1.46. The zero-order valence-corrected chi connectivity index (χ0v) is 14.2. The summed E-state index contributed by atoms with van der Waals surface area (Å²) in [4.78, 5) is 12.0. The molecule has 8 nitrogen and oxygen atoms in total. The summed E-state index contributed by atoms with van der Waals surface area (Å²) in [7, 11) is 1.60. The molecule has 3 N–H and O–H groups in total. The molecule has 25 heavy (non-hydrogen) atoms. The second-order valence-corrected chi connectivity index (χ2v) is 5.50. The maximum absolute atomic E-state index is 12.0. The van der Waals surface area contributed by atoms with E-state index in [0.717, 1.165) is 22.5 Å². The topological polar surface area (TPSA) is 93.1 Å². The third-order valence-electron chi connectivity index (χ3n) is 3.38. The molecule has 3 rings (SSSR count). The highest BCUT2D eigenvalue weighted by molar-refractivity contribution is 7.80. The zero-order valence-electron chi connectivity index (χ0n) is 13.4. The van der Waals surface area contributed by atoms with E-state index in [-0.39, 0.29) is 17.6 Å². The molecule has 1 heterocycles. The maximum Gasteiger partial charge on any atom is 0.260 e. The summed E-state index contributed by atoms with van der Waals surface area (Å²) in [6.07, 6.45) is 0. The van der Waals surface area contributed by atoms with Gasteiger partial charge in [0, 0.05) is 5.69 Å². The summed E-state index contributed by atoms with van der Waals surface area (Å²) in [6, 6.07) is 14.7. The highest BCUT2D eigenvalue weighted by Gasteiger charge is 2.08. The molecular weight excluding hydrogens is 340 g/mol. The highest BCUT2D eigenvalue weighted by atomic mass is 32.1. The van der Waals surface area contributed by atoms with Crippen LogP contribution in [0.15, 0.2) is 48.5 Å². The fourth-order valence-electron chi connectivity index (χ4n) is 2.17. The molecule has 0 atom stereocenters. The Morgan fingerprint density at radius 2 is 1.92 bits per heavy atom. The van der Waals surface area contributed by atoms with Crippen molar-refractivity contribution in [3.63, 3.8) is 0 Å². The normalized spacial score (nSPS) is 10.3. The third kappa shape index (κ3) is 4.21. The van der Waals surface area contributed by atoms with E-state index < -0.39 is 0 Å². The summed E-state index contributed by atoms with van der Waals surface area (Å²) in [5.41, 5.74) is 7.47. The van der Waals surface area contributed by atoms with Gasteiger partial charge in [0.25, 0.3) is 5.91 Å². The quantitative estimate of drug-likeness (QED) is 0.481. The number of methoxy groups -OCH3 is 1. The molecule has 2 aromatic carbocycles. The van der Waals surface area contributed by atoms with Crippen molar-refractivity contribution in [1.29, 1.82) is 0 Å². The van der Waals surface area contributed by atoms with Crippen molar-refractivity contribution in [1.82, 2.24) is 25.8 Å². The summed E-state index contributed by atoms with van der Waals surface area (Å²) in [6.45, 7) is 0.0265. The number of hydrazine groups is 1. The number of ether oxygens (including phenoxy) is 1. The van der Waals surface area contributed by atoms with E-state index in [1.165, 1.54) is 4.68 Å². The number of thiocarbonyl (C=S) groups is 1. The number of rotatable bonds is 4. The van der Waals surface area contributed by atoms with Gasteiger partial charge in [-0.25, -0.2) is 4.68 Å². The SMILES string of the molecule is COc1ccc(NC(=S)NNC(=O)Cn2nnc3ccccc32)cc1. The molecule has 0 fully saturated rings. The number of nitrogens with one attached hydrogen (secondary N) is 3. The van der Waals surface area contributed by atoms with E-state index in [1.54, 1.807) is 19.2 Å². The molecule has 0 spiro atoms. The van der Waals surface area contributed by atoms with Gasteiger partial charge in [-0.1, -0.05) is 17.3 Å². The molecule has 0 unspecified atom stereocenters. The van der Waals surface area contributed by atoms with Gasteiger partial charge in [0.05, 0.1) is 12.6 Å². The Morgan fingerprint density at radius 1 is 1.16 bits per heavy atom. The van der Waals surface area contributed by atoms with Crippen molar-refractivity contribution >= 4 is 40.0 Å². The predicted molar refractivity (Wildman–Crippen MR) is 98.0 cm³/mol. The van der Waals surface area contributed by atoms with Gasteiger partial charge in [-0.15, -0.1) is 5.10 Å². The van der Waals surface area contributed by atoms with Crippen LogP contribution in [0.5, 0.6) is 5.75 Å². The molecule has 0 aliphatic carbocycles. The molecule has 0 bridgehead atoms. The standard InChI is InChI=1S/C16H16N6O2S/c1-24-12-8-6-11(7-9-12)17-16(25)20-19-15(23)10-22-14-5-3-2-4-13(14)18-21-22/h2-9H,10H2,1H3,(H,19,23)(H2,17,20,25). The van der Waals surface area contributed by atoms with Crippen molar-refractivity contribution in [2.24, 2.45) is 0 Å². The fraction of sp³-hybridized carbons (Fsp3) is 0.125. The van der Waals surface area contributed by atoms with Gasteiger partial charge >= 0.3 is 0 Å². The van der Waals surface area contributed by atoms with Gasteiger partial charge in [-0.2, -0.15) is 0 Å². The van der Waals surface area contributed by atoms with E-state index in [0.29, 0.717) is 0 Å². The first-order chi connectivity index (χ1) is 12.2. The molecule has 0 aliphatic rings. The number of hydrogen-bond donors (Lipinski definition) is 3. The molecule has 3 aromatic rings. The smallest absolute Gasteiger partial charge is 0.260 e. The fourth-order valence-corrected chi connectivity index (χ4v) is 2.34. The van der Waals surface area contributed by atoms with Crippen molar-refractivity contribution in [3.8, 4) is 5.75 Å². The van der Waals surface area contributed by atoms with E-state index >= 15 is 0 Å². The lowest BCUT2D eigenvalue weighted by molar-refractivity contribution is -0.122. The lowest BCUT2D eigenvalue weighted by atomic mass is 10.3. The number of hydrogen-bond acceptors (Lipinski definition) is 5. The lowest BCUT2D eigenvalue weighted by Gasteiger charge is -2.12. The summed E-state index contributed by atoms with van der Waals surface area (Å²) in [5, 5.41) is 11.2. The van der Waals surface area contributed by atoms with Crippen LogP contribution in [0.1, 0.15) is 0 Å². The van der Waals surface area contributed by atoms with Gasteiger partial charge in [-0.3, -0.25) is 15.6 Å². The number of aromatic nitrogens is 3. The minimum absolute atomic E-state index is 0.0265. The molecule has 1 aromatic heterocycles. The summed E-state index contributed by atoms with van der Waals surface area (Å²) < 4.78 is 6.61. The van der Waals surface area contributed by atoms with Gasteiger partial charge in [-0.05, 0) is 48.6 Å². The number of nitrogens with zero attached hydrogens (tertiary/aromatic N) is 3. The van der Waals surface area contributed by atoms with Crippen molar-refractivity contribution in [2.75, 3.05) is 12.4 Å². The number of amides is 1. The average Bonchev–Trinajstić information content (AvgIpc) is 3.04. The van der Waals surface area contributed by atoms with Crippen molar-refractivity contribution in [3.05, 3.63) is 48.5 Å². The third-order valence-corrected chi connectivity index (χ3v) is 3.58. The Balaban J connectivity index is 1.50. The Labute approximate surface area is 149 Å². The van der Waals surface area contributed by atoms with E-state index in [2.05, 4.69) is 26.5 Å².